The maximum Gasteiger partial charge on any atom is 0.270 e. The number of nitrogens with two attached hydrogens (primary N) is 1. The number of carbonyl (C=O) groups excluding carboxylic acids is 1. The lowest BCUT2D eigenvalue weighted by molar-refractivity contribution is -0.112. The molecule has 120 valence electrons. The largest absolute Gasteiger partial charge is 0.399 e. The Labute approximate surface area is 145 Å². The summed E-state index contributed by atoms with van der Waals surface area (Å²) in [6.07, 6.45) is 9.19. The molecule has 3 N–H and O–H groups in total. The molecule has 1 aliphatic rings. The molecule has 1 aromatic heterocycles. The Morgan fingerprint density at radius 1 is 1.08 bits per heavy atom. The van der Waals surface area contributed by atoms with Gasteiger partial charge in [-0.3, -0.25) is 4.79 Å². The molecule has 1 amide bonds. The normalized spacial score (nSPS) is 14.6. The van der Waals surface area contributed by atoms with Gasteiger partial charge < -0.3 is 10.7 Å². The fraction of sp³-hybridized carbons (Fsp3) is 0. The second kappa shape index (κ2) is 5.73. The van der Waals surface area contributed by atoms with E-state index in [1.165, 1.54) is 4.90 Å². The molecule has 3 aromatic rings. The van der Waals surface area contributed by atoms with Crippen molar-refractivity contribution in [2.45, 2.75) is 0 Å². The lowest BCUT2D eigenvalue weighted by atomic mass is 9.99. The second-order valence-electron chi connectivity index (χ2n) is 5.81. The minimum atomic E-state index is -0.193. The van der Waals surface area contributed by atoms with Crippen LogP contribution in [0.1, 0.15) is 11.3 Å². The van der Waals surface area contributed by atoms with E-state index in [0.29, 0.717) is 11.3 Å². The molecule has 4 rings (SSSR count). The monoisotopic (exact) mass is 325 g/mol. The number of rotatable bonds is 2. The van der Waals surface area contributed by atoms with Crippen LogP contribution in [-0.2, 0) is 4.79 Å². The molecule has 0 saturated heterocycles. The zero-order valence-electron chi connectivity index (χ0n) is 13.4. The summed E-state index contributed by atoms with van der Waals surface area (Å²) in [5, 5.41) is 0. The Bertz CT molecular complexity index is 1020. The number of aromatic amines is 1. The van der Waals surface area contributed by atoms with Crippen molar-refractivity contribution < 1.29 is 4.79 Å². The number of benzene rings is 2. The lowest BCUT2D eigenvalue weighted by Crippen LogP contribution is -2.19. The van der Waals surface area contributed by atoms with Crippen LogP contribution in [0.5, 0.6) is 0 Å². The van der Waals surface area contributed by atoms with E-state index in [1.54, 1.807) is 0 Å². The van der Waals surface area contributed by atoms with Crippen molar-refractivity contribution in [3.63, 3.8) is 0 Å². The fourth-order valence-electron chi connectivity index (χ4n) is 3.00. The molecule has 1 aliphatic heterocycles. The number of anilines is 2. The molecule has 2 heterocycles. The smallest absolute Gasteiger partial charge is 0.270 e. The van der Waals surface area contributed by atoms with E-state index in [-0.39, 0.29) is 5.91 Å². The molecule has 25 heavy (non-hydrogen) atoms. The predicted molar refractivity (Wildman–Crippen MR) is 101 cm³/mol. The number of fused-ring (bicyclic) bond motifs is 1. The van der Waals surface area contributed by atoms with E-state index in [4.69, 9.17) is 12.2 Å². The van der Waals surface area contributed by atoms with Crippen LogP contribution in [0.2, 0.25) is 0 Å². The Morgan fingerprint density at radius 3 is 2.52 bits per heavy atom. The van der Waals surface area contributed by atoms with Crippen LogP contribution in [0, 0.1) is 12.5 Å². The van der Waals surface area contributed by atoms with Crippen molar-refractivity contribution in [3.8, 4) is 23.6 Å². The molecule has 0 bridgehead atoms. The van der Waals surface area contributed by atoms with Crippen molar-refractivity contribution >= 4 is 28.9 Å². The summed E-state index contributed by atoms with van der Waals surface area (Å²) >= 11 is 0. The van der Waals surface area contributed by atoms with Crippen LogP contribution in [0.15, 0.2) is 60.8 Å². The van der Waals surface area contributed by atoms with Gasteiger partial charge in [0.15, 0.2) is 0 Å². The lowest BCUT2D eigenvalue weighted by Gasteiger charge is -2.09. The minimum absolute atomic E-state index is 0.193. The van der Waals surface area contributed by atoms with Crippen molar-refractivity contribution in [2.24, 2.45) is 0 Å². The average Bonchev–Trinajstić information content (AvgIpc) is 3.22. The molecule has 0 spiro atoms. The molecule has 0 saturated carbocycles. The van der Waals surface area contributed by atoms with Crippen LogP contribution in [-0.4, -0.2) is 10.9 Å². The third-order valence-electron chi connectivity index (χ3n) is 4.26. The molecule has 0 unspecified atom stereocenters. The molecule has 0 fully saturated rings. The highest BCUT2D eigenvalue weighted by Gasteiger charge is 2.31. The van der Waals surface area contributed by atoms with Crippen molar-refractivity contribution in [1.29, 1.82) is 0 Å². The van der Waals surface area contributed by atoms with Gasteiger partial charge in [0.05, 0.1) is 11.3 Å². The number of nitrogens with one attached hydrogen (secondary N) is 1. The van der Waals surface area contributed by atoms with Crippen LogP contribution >= 0.6 is 0 Å². The molecule has 2 aromatic carbocycles. The summed E-state index contributed by atoms with van der Waals surface area (Å²) < 4.78 is 0. The van der Waals surface area contributed by atoms with Gasteiger partial charge in [0.2, 0.25) is 0 Å². The Balaban J connectivity index is 1.87. The molecule has 4 nitrogen and oxygen atoms in total. The number of terminal acetylenes is 1. The standard InChI is InChI=1S/C21H15N3O/c1-2-24-20-10-7-15(14-5-8-16(22)9-6-14)12-18(20)19(21(24)25)13-17-4-3-11-23-17/h1,3-13,23H,22H2/b19-13-. The van der Waals surface area contributed by atoms with E-state index < -0.39 is 0 Å². The Morgan fingerprint density at radius 2 is 1.84 bits per heavy atom. The van der Waals surface area contributed by atoms with Crippen LogP contribution < -0.4 is 10.6 Å². The van der Waals surface area contributed by atoms with Gasteiger partial charge >= 0.3 is 0 Å². The van der Waals surface area contributed by atoms with Crippen LogP contribution in [0.25, 0.3) is 22.8 Å². The summed E-state index contributed by atoms with van der Waals surface area (Å²) in [4.78, 5) is 17.1. The van der Waals surface area contributed by atoms with Gasteiger partial charge in [-0.15, -0.1) is 0 Å². The quantitative estimate of drug-likeness (QED) is 0.428. The topological polar surface area (TPSA) is 62.1 Å². The van der Waals surface area contributed by atoms with E-state index in [1.807, 2.05) is 66.9 Å². The number of H-pyrrole nitrogens is 1. The highest BCUT2D eigenvalue weighted by atomic mass is 16.2. The predicted octanol–water partition coefficient (Wildman–Crippen LogP) is 3.74. The van der Waals surface area contributed by atoms with Gasteiger partial charge in [-0.2, -0.15) is 0 Å². The number of nitrogens with zero attached hydrogens (tertiary/aromatic N) is 1. The Kier molecular flexibility index (Phi) is 3.41. The number of aromatic nitrogens is 1. The first kappa shape index (κ1) is 14.9. The highest BCUT2D eigenvalue weighted by molar-refractivity contribution is 6.37. The van der Waals surface area contributed by atoms with E-state index in [0.717, 1.165) is 28.1 Å². The summed E-state index contributed by atoms with van der Waals surface area (Å²) in [6, 6.07) is 19.7. The highest BCUT2D eigenvalue weighted by Crippen LogP contribution is 2.39. The number of amides is 1. The molecule has 4 heteroatoms. The van der Waals surface area contributed by atoms with Gasteiger partial charge in [-0.25, -0.2) is 4.90 Å². The van der Waals surface area contributed by atoms with Gasteiger partial charge in [0.25, 0.3) is 5.91 Å². The molecule has 0 atom stereocenters. The molecular weight excluding hydrogens is 310 g/mol. The zero-order chi connectivity index (χ0) is 17.4. The number of hydrogen-bond donors (Lipinski definition) is 2. The molecule has 0 radical (unpaired) electrons. The van der Waals surface area contributed by atoms with Crippen molar-refractivity contribution in [3.05, 3.63) is 72.1 Å². The SMILES string of the molecule is C#CN1C(=O)/C(=C\c2ccc[nH]2)c2cc(-c3ccc(N)cc3)ccc21. The van der Waals surface area contributed by atoms with Crippen molar-refractivity contribution in [2.75, 3.05) is 10.6 Å². The van der Waals surface area contributed by atoms with E-state index in [2.05, 4.69) is 11.0 Å². The number of carbonyl (C=O) groups is 1. The summed E-state index contributed by atoms with van der Waals surface area (Å²) in [7, 11) is 0. The van der Waals surface area contributed by atoms with Crippen LogP contribution in [0.4, 0.5) is 11.4 Å². The summed E-state index contributed by atoms with van der Waals surface area (Å²) in [5.41, 5.74) is 11.5. The number of nitrogen functional groups attached to an aromatic ring is 1. The third-order valence-corrected chi connectivity index (χ3v) is 4.26. The van der Waals surface area contributed by atoms with Crippen LogP contribution in [0.3, 0.4) is 0 Å². The number of hydrogen-bond acceptors (Lipinski definition) is 2. The molecule has 0 aliphatic carbocycles. The first-order chi connectivity index (χ1) is 12.2. The fourth-order valence-corrected chi connectivity index (χ4v) is 3.00. The second-order valence-corrected chi connectivity index (χ2v) is 5.81. The maximum atomic E-state index is 12.7. The average molecular weight is 325 g/mol. The third kappa shape index (κ3) is 2.48. The summed E-state index contributed by atoms with van der Waals surface area (Å²) in [6.45, 7) is 0. The van der Waals surface area contributed by atoms with E-state index >= 15 is 0 Å². The minimum Gasteiger partial charge on any atom is -0.399 e. The van der Waals surface area contributed by atoms with Gasteiger partial charge in [0.1, 0.15) is 0 Å². The maximum absolute atomic E-state index is 12.7. The van der Waals surface area contributed by atoms with E-state index in [9.17, 15) is 4.79 Å². The van der Waals surface area contributed by atoms with Crippen molar-refractivity contribution in [1.82, 2.24) is 4.98 Å². The van der Waals surface area contributed by atoms with Gasteiger partial charge in [-0.1, -0.05) is 24.6 Å². The zero-order valence-corrected chi connectivity index (χ0v) is 13.4. The Hall–Kier alpha value is -3.71. The first-order valence-electron chi connectivity index (χ1n) is 7.83. The summed E-state index contributed by atoms with van der Waals surface area (Å²) in [5.74, 6) is -0.193. The van der Waals surface area contributed by atoms with Gasteiger partial charge in [-0.05, 0) is 53.6 Å². The molecular formula is C21H15N3O. The first-order valence-corrected chi connectivity index (χ1v) is 7.83. The van der Waals surface area contributed by atoms with Gasteiger partial charge in [0, 0.05) is 29.2 Å².